The van der Waals surface area contributed by atoms with E-state index >= 15 is 0 Å². The normalized spacial score (nSPS) is 22.6. The highest BCUT2D eigenvalue weighted by Crippen LogP contribution is 1.98. The van der Waals surface area contributed by atoms with Crippen LogP contribution < -0.4 is 21.3 Å². The van der Waals surface area contributed by atoms with Gasteiger partial charge in [-0.1, -0.05) is 0 Å². The summed E-state index contributed by atoms with van der Waals surface area (Å²) in [6, 6.07) is 0. The van der Waals surface area contributed by atoms with Crippen molar-refractivity contribution in [3.8, 4) is 0 Å². The molecule has 28 heavy (non-hydrogen) atoms. The first-order valence-corrected chi connectivity index (χ1v) is 10.5. The standard InChI is InChI=1S/C20H36N8/c1-3-21-7-11-25-15-19(16-26-12-8-22-4-1)20-17-27-13-9-23-5-2-6-24-10-14-28-18-20/h15-18,21-24H,1-14H2. The molecule has 0 saturated heterocycles. The second kappa shape index (κ2) is 16.2. The van der Waals surface area contributed by atoms with Crippen LogP contribution in [0.25, 0.3) is 0 Å². The van der Waals surface area contributed by atoms with Crippen molar-refractivity contribution in [1.29, 1.82) is 0 Å². The predicted molar refractivity (Wildman–Crippen MR) is 121 cm³/mol. The monoisotopic (exact) mass is 388 g/mol. The number of nitrogens with one attached hydrogen (secondary N) is 4. The molecule has 8 nitrogen and oxygen atoms in total. The predicted octanol–water partition coefficient (Wildman–Crippen LogP) is -0.268. The summed E-state index contributed by atoms with van der Waals surface area (Å²) in [6.45, 7) is 10.6. The molecule has 0 spiro atoms. The van der Waals surface area contributed by atoms with E-state index in [-0.39, 0.29) is 0 Å². The number of hydrogen-bond acceptors (Lipinski definition) is 8. The Kier molecular flexibility index (Phi) is 13.1. The van der Waals surface area contributed by atoms with E-state index in [1.165, 1.54) is 0 Å². The Morgan fingerprint density at radius 1 is 0.429 bits per heavy atom. The van der Waals surface area contributed by atoms with Gasteiger partial charge in [0.2, 0.25) is 0 Å². The van der Waals surface area contributed by atoms with Crippen LogP contribution in [-0.2, 0) is 0 Å². The van der Waals surface area contributed by atoms with Crippen molar-refractivity contribution >= 4 is 24.9 Å². The quantitative estimate of drug-likeness (QED) is 0.459. The highest BCUT2D eigenvalue weighted by atomic mass is 14.9. The van der Waals surface area contributed by atoms with E-state index < -0.39 is 0 Å². The maximum atomic E-state index is 4.57. The average Bonchev–Trinajstić information content (AvgIpc) is 2.71. The molecule has 0 aliphatic carbocycles. The van der Waals surface area contributed by atoms with Gasteiger partial charge in [0.1, 0.15) is 0 Å². The summed E-state index contributed by atoms with van der Waals surface area (Å²) >= 11 is 0. The molecule has 0 aromatic rings. The van der Waals surface area contributed by atoms with Gasteiger partial charge in [-0.2, -0.15) is 0 Å². The molecule has 0 radical (unpaired) electrons. The van der Waals surface area contributed by atoms with Gasteiger partial charge >= 0.3 is 0 Å². The zero-order valence-electron chi connectivity index (χ0n) is 17.0. The molecule has 0 saturated carbocycles. The van der Waals surface area contributed by atoms with Crippen LogP contribution in [-0.4, -0.2) is 103 Å². The molecule has 0 unspecified atom stereocenters. The fraction of sp³-hybridized carbons (Fsp3) is 0.700. The lowest BCUT2D eigenvalue weighted by atomic mass is 10.1. The zero-order chi connectivity index (χ0) is 19.5. The van der Waals surface area contributed by atoms with Crippen LogP contribution in [0.2, 0.25) is 0 Å². The summed E-state index contributed by atoms with van der Waals surface area (Å²) in [5.41, 5.74) is 1.91. The molecule has 0 aromatic carbocycles. The third-order valence-electron chi connectivity index (χ3n) is 4.34. The maximum absolute atomic E-state index is 4.57. The van der Waals surface area contributed by atoms with Crippen molar-refractivity contribution < 1.29 is 0 Å². The molecule has 2 aliphatic heterocycles. The van der Waals surface area contributed by atoms with Gasteiger partial charge in [0, 0.05) is 62.2 Å². The Hall–Kier alpha value is -1.74. The SMILES string of the molecule is C1=NCCNCCCNCCN=CC1=C1C=NCCNCCCNCCN=C1. The van der Waals surface area contributed by atoms with Crippen molar-refractivity contribution in [2.75, 3.05) is 78.5 Å². The second-order valence-corrected chi connectivity index (χ2v) is 6.76. The van der Waals surface area contributed by atoms with Crippen LogP contribution in [0, 0.1) is 0 Å². The van der Waals surface area contributed by atoms with Crippen LogP contribution in [0.4, 0.5) is 0 Å². The van der Waals surface area contributed by atoms with E-state index in [1.807, 2.05) is 24.9 Å². The smallest absolute Gasteiger partial charge is 0.0514 e. The Bertz CT molecular complexity index is 458. The van der Waals surface area contributed by atoms with Crippen LogP contribution in [0.1, 0.15) is 12.8 Å². The highest BCUT2D eigenvalue weighted by molar-refractivity contribution is 6.18. The Labute approximate surface area is 169 Å². The van der Waals surface area contributed by atoms with Crippen molar-refractivity contribution in [2.24, 2.45) is 20.0 Å². The molecule has 0 amide bonds. The third-order valence-corrected chi connectivity index (χ3v) is 4.34. The summed E-state index contributed by atoms with van der Waals surface area (Å²) in [7, 11) is 0. The molecule has 0 aromatic heterocycles. The second-order valence-electron chi connectivity index (χ2n) is 6.76. The largest absolute Gasteiger partial charge is 0.315 e. The molecule has 2 heterocycles. The minimum absolute atomic E-state index is 0.750. The van der Waals surface area contributed by atoms with E-state index in [0.29, 0.717) is 0 Å². The number of aliphatic imine (C=N–C) groups is 4. The Morgan fingerprint density at radius 3 is 1.00 bits per heavy atom. The van der Waals surface area contributed by atoms with Gasteiger partial charge in [0.15, 0.2) is 0 Å². The van der Waals surface area contributed by atoms with Gasteiger partial charge in [0.05, 0.1) is 26.2 Å². The topological polar surface area (TPSA) is 97.6 Å². The molecular formula is C20H36N8. The molecule has 8 heteroatoms. The molecule has 4 N–H and O–H groups in total. The van der Waals surface area contributed by atoms with Crippen LogP contribution in [0.3, 0.4) is 0 Å². The van der Waals surface area contributed by atoms with E-state index in [1.54, 1.807) is 0 Å². The lowest BCUT2D eigenvalue weighted by Crippen LogP contribution is -2.25. The van der Waals surface area contributed by atoms with E-state index in [4.69, 9.17) is 0 Å². The third kappa shape index (κ3) is 11.2. The first-order chi connectivity index (χ1) is 14.0. The van der Waals surface area contributed by atoms with Gasteiger partial charge in [-0.15, -0.1) is 0 Å². The van der Waals surface area contributed by atoms with E-state index in [0.717, 1.165) is 103 Å². The van der Waals surface area contributed by atoms with E-state index in [9.17, 15) is 0 Å². The Morgan fingerprint density at radius 2 is 0.714 bits per heavy atom. The Balaban J connectivity index is 2.13. The van der Waals surface area contributed by atoms with Crippen molar-refractivity contribution in [1.82, 2.24) is 21.3 Å². The summed E-state index contributed by atoms with van der Waals surface area (Å²) in [6.07, 6.45) is 9.85. The van der Waals surface area contributed by atoms with Crippen molar-refractivity contribution in [3.63, 3.8) is 0 Å². The number of hydrogen-bond donors (Lipinski definition) is 4. The first-order valence-electron chi connectivity index (χ1n) is 10.5. The van der Waals surface area contributed by atoms with Crippen molar-refractivity contribution in [3.05, 3.63) is 11.1 Å². The van der Waals surface area contributed by atoms with Gasteiger partial charge in [-0.25, -0.2) is 0 Å². The number of rotatable bonds is 0. The van der Waals surface area contributed by atoms with Crippen molar-refractivity contribution in [2.45, 2.75) is 12.8 Å². The summed E-state index contributed by atoms with van der Waals surface area (Å²) in [4.78, 5) is 18.3. The highest BCUT2D eigenvalue weighted by Gasteiger charge is 2.00. The van der Waals surface area contributed by atoms with Crippen LogP contribution in [0.15, 0.2) is 31.1 Å². The maximum Gasteiger partial charge on any atom is 0.0514 e. The molecule has 0 fully saturated rings. The van der Waals surface area contributed by atoms with Crippen LogP contribution in [0.5, 0.6) is 0 Å². The van der Waals surface area contributed by atoms with Gasteiger partial charge in [-0.05, 0) is 39.0 Å². The fourth-order valence-electron chi connectivity index (χ4n) is 2.77. The van der Waals surface area contributed by atoms with Gasteiger partial charge in [0.25, 0.3) is 0 Å². The molecule has 156 valence electrons. The fourth-order valence-corrected chi connectivity index (χ4v) is 2.77. The molecule has 2 aliphatic rings. The molecular weight excluding hydrogens is 352 g/mol. The van der Waals surface area contributed by atoms with E-state index in [2.05, 4.69) is 41.2 Å². The molecule has 0 bridgehead atoms. The first kappa shape index (κ1) is 22.5. The van der Waals surface area contributed by atoms with Gasteiger partial charge in [-0.3, -0.25) is 20.0 Å². The summed E-state index contributed by atoms with van der Waals surface area (Å²) < 4.78 is 0. The minimum atomic E-state index is 0.750. The van der Waals surface area contributed by atoms with Crippen LogP contribution >= 0.6 is 0 Å². The zero-order valence-corrected chi connectivity index (χ0v) is 17.0. The lowest BCUT2D eigenvalue weighted by molar-refractivity contribution is 0.602. The average molecular weight is 389 g/mol. The summed E-state index contributed by atoms with van der Waals surface area (Å²) in [5.74, 6) is 0. The number of allylic oxidation sites excluding steroid dienone is 2. The minimum Gasteiger partial charge on any atom is -0.315 e. The number of nitrogens with zero attached hydrogens (tertiary/aromatic N) is 4. The summed E-state index contributed by atoms with van der Waals surface area (Å²) in [5, 5.41) is 13.7. The lowest BCUT2D eigenvalue weighted by Gasteiger charge is -2.07. The van der Waals surface area contributed by atoms with Gasteiger partial charge < -0.3 is 21.3 Å². The molecule has 0 atom stereocenters. The molecule has 2 rings (SSSR count).